The van der Waals surface area contributed by atoms with E-state index in [0.29, 0.717) is 71.8 Å². The molecular formula is C44H38N6O10. The van der Waals surface area contributed by atoms with E-state index in [2.05, 4.69) is 25.9 Å². The van der Waals surface area contributed by atoms with E-state index in [1.807, 2.05) is 66.7 Å². The summed E-state index contributed by atoms with van der Waals surface area (Å²) in [7, 11) is 0. The number of rotatable bonds is 6. The number of hydrogen-bond acceptors (Lipinski definition) is 13. The third-order valence-corrected chi connectivity index (χ3v) is 11.8. The van der Waals surface area contributed by atoms with Crippen molar-refractivity contribution in [3.8, 4) is 22.5 Å². The highest BCUT2D eigenvalue weighted by Crippen LogP contribution is 2.49. The summed E-state index contributed by atoms with van der Waals surface area (Å²) in [4.78, 5) is 54.0. The highest BCUT2D eigenvalue weighted by atomic mass is 16.6. The van der Waals surface area contributed by atoms with Crippen LogP contribution in [0.1, 0.15) is 83.5 Å². The maximum Gasteiger partial charge on any atom is 0.406 e. The molecule has 2 spiro atoms. The molecule has 10 rings (SSSR count). The number of carbonyl (C=O) groups is 4. The molecule has 60 heavy (non-hydrogen) atoms. The fourth-order valence-electron chi connectivity index (χ4n) is 8.55. The molecule has 16 heteroatoms. The van der Waals surface area contributed by atoms with Crippen LogP contribution >= 0.6 is 0 Å². The Kier molecular flexibility index (Phi) is 9.70. The molecule has 0 bridgehead atoms. The van der Waals surface area contributed by atoms with Crippen LogP contribution in [0.4, 0.5) is 11.8 Å². The van der Waals surface area contributed by atoms with Crippen molar-refractivity contribution in [2.24, 2.45) is 5.92 Å². The largest absolute Gasteiger partial charge is 0.618 e. The molecular weight excluding hydrogens is 773 g/mol. The van der Waals surface area contributed by atoms with Gasteiger partial charge in [-0.1, -0.05) is 77.0 Å². The van der Waals surface area contributed by atoms with Crippen molar-refractivity contribution < 1.29 is 47.5 Å². The molecule has 2 aliphatic heterocycles. The smallest absolute Gasteiger partial charge is 0.406 e. The van der Waals surface area contributed by atoms with Crippen LogP contribution in [-0.4, -0.2) is 49.8 Å². The number of hydrogen-bond donors (Lipinski definition) is 3. The first kappa shape index (κ1) is 38.3. The van der Waals surface area contributed by atoms with Gasteiger partial charge in [-0.15, -0.1) is 0 Å². The van der Waals surface area contributed by atoms with E-state index in [1.54, 1.807) is 36.5 Å². The van der Waals surface area contributed by atoms with Gasteiger partial charge in [0, 0.05) is 47.0 Å². The standard InChI is InChI=1S/2C22H19N3O5/c26-20(23-18-13-17(24-30-18)14-5-2-1-3-6-14)15-8-10-22(11-9-15)16-7-4-12-25(28)19(16)21(27)29-22;26-19-18-15(7-4-12-23-18)22(29-19)10-8-21(28,9-11-22)20(27)24-17-13-16(25-30-17)14-5-2-1-3-6-14/h1-7,12-13,15H,8-11H2,(H,23,26);1-7,12-13,28H,8-11H2,(H,24,27)/t15-,22-;21-,22-. The number of benzene rings is 2. The van der Waals surface area contributed by atoms with Gasteiger partial charge in [0.15, 0.2) is 11.9 Å². The number of aromatic nitrogens is 4. The first-order valence-corrected chi connectivity index (χ1v) is 19.6. The van der Waals surface area contributed by atoms with E-state index in [1.165, 1.54) is 6.20 Å². The molecule has 304 valence electrons. The minimum Gasteiger partial charge on any atom is -0.618 e. The highest BCUT2D eigenvalue weighted by molar-refractivity contribution is 5.97. The maximum atomic E-state index is 12.8. The van der Waals surface area contributed by atoms with Crippen molar-refractivity contribution in [3.05, 3.63) is 137 Å². The molecule has 0 saturated heterocycles. The topological polar surface area (TPSA) is 223 Å². The molecule has 16 nitrogen and oxygen atoms in total. The first-order valence-electron chi connectivity index (χ1n) is 19.6. The minimum atomic E-state index is -1.59. The molecule has 0 radical (unpaired) electrons. The molecule has 6 aromatic rings. The second kappa shape index (κ2) is 15.2. The van der Waals surface area contributed by atoms with Crippen LogP contribution in [0.5, 0.6) is 0 Å². The second-order valence-electron chi connectivity index (χ2n) is 15.4. The number of nitrogens with zero attached hydrogens (tertiary/aromatic N) is 4. The predicted molar refractivity (Wildman–Crippen MR) is 210 cm³/mol. The SMILES string of the molecule is O=C1O[C@]2(CC[C@@](O)(C(=O)Nc3cc(-c4ccccc4)no3)CC2)c2cccnc21.O=C1O[C@]2(CC[C@H](C(=O)Nc3cc(-c4ccccc4)no3)CC2)c2ccc[n+]([O-])c21. The third kappa shape index (κ3) is 7.04. The summed E-state index contributed by atoms with van der Waals surface area (Å²) in [5, 5.41) is 36.3. The van der Waals surface area contributed by atoms with Gasteiger partial charge in [0.05, 0.1) is 5.56 Å². The lowest BCUT2D eigenvalue weighted by molar-refractivity contribution is -0.608. The van der Waals surface area contributed by atoms with E-state index < -0.39 is 34.6 Å². The van der Waals surface area contributed by atoms with Gasteiger partial charge in [0.2, 0.25) is 17.7 Å². The van der Waals surface area contributed by atoms with Crippen molar-refractivity contribution in [2.75, 3.05) is 10.6 Å². The van der Waals surface area contributed by atoms with Crippen molar-refractivity contribution >= 4 is 35.5 Å². The molecule has 6 heterocycles. The van der Waals surface area contributed by atoms with Crippen LogP contribution in [-0.2, 0) is 30.3 Å². The van der Waals surface area contributed by atoms with E-state index in [4.69, 9.17) is 18.5 Å². The van der Waals surface area contributed by atoms with Gasteiger partial charge < -0.3 is 28.8 Å². The van der Waals surface area contributed by atoms with E-state index in [-0.39, 0.29) is 36.2 Å². The predicted octanol–water partition coefficient (Wildman–Crippen LogP) is 6.22. The summed E-state index contributed by atoms with van der Waals surface area (Å²) in [5.74, 6) is -1.57. The second-order valence-corrected chi connectivity index (χ2v) is 15.4. The van der Waals surface area contributed by atoms with Crippen LogP contribution in [0.2, 0.25) is 0 Å². The molecule has 2 fully saturated rings. The molecule has 2 saturated carbocycles. The third-order valence-electron chi connectivity index (χ3n) is 11.8. The van der Waals surface area contributed by atoms with E-state index >= 15 is 0 Å². The summed E-state index contributed by atoms with van der Waals surface area (Å²) in [6.07, 6.45) is 5.81. The van der Waals surface area contributed by atoms with Crippen molar-refractivity contribution in [1.82, 2.24) is 15.3 Å². The number of aliphatic hydroxyl groups is 1. The van der Waals surface area contributed by atoms with E-state index in [0.717, 1.165) is 16.7 Å². The number of ether oxygens (including phenoxy) is 2. The van der Waals surface area contributed by atoms with Gasteiger partial charge in [-0.05, 0) is 63.5 Å². The van der Waals surface area contributed by atoms with Crippen LogP contribution < -0.4 is 15.4 Å². The van der Waals surface area contributed by atoms with Gasteiger partial charge >= 0.3 is 17.6 Å². The van der Waals surface area contributed by atoms with Gasteiger partial charge in [-0.25, -0.2) is 14.6 Å². The number of nitrogens with one attached hydrogen (secondary N) is 2. The lowest BCUT2D eigenvalue weighted by Crippen LogP contribution is -2.49. The average Bonchev–Trinajstić information content (AvgIpc) is 4.06. The number of carbonyl (C=O) groups excluding carboxylic acids is 4. The molecule has 4 aromatic heterocycles. The van der Waals surface area contributed by atoms with Crippen molar-refractivity contribution in [1.29, 1.82) is 0 Å². The Morgan fingerprint density at radius 3 is 1.90 bits per heavy atom. The number of esters is 2. The van der Waals surface area contributed by atoms with Crippen LogP contribution in [0, 0.1) is 11.1 Å². The van der Waals surface area contributed by atoms with Crippen LogP contribution in [0.3, 0.4) is 0 Å². The maximum absolute atomic E-state index is 12.8. The monoisotopic (exact) mass is 810 g/mol. The molecule has 3 N–H and O–H groups in total. The summed E-state index contributed by atoms with van der Waals surface area (Å²) in [6, 6.07) is 29.2. The van der Waals surface area contributed by atoms with Gasteiger partial charge in [0.25, 0.3) is 5.91 Å². The number of pyridine rings is 2. The Morgan fingerprint density at radius 2 is 1.27 bits per heavy atom. The first-order chi connectivity index (χ1) is 29.0. The Labute approximate surface area is 342 Å². The molecule has 2 aliphatic carbocycles. The molecule has 0 unspecified atom stereocenters. The molecule has 2 amide bonds. The zero-order chi connectivity index (χ0) is 41.5. The van der Waals surface area contributed by atoms with Gasteiger partial charge in [0.1, 0.15) is 28.2 Å². The summed E-state index contributed by atoms with van der Waals surface area (Å²) < 4.78 is 22.3. The zero-order valence-corrected chi connectivity index (χ0v) is 32.0. The zero-order valence-electron chi connectivity index (χ0n) is 32.0. The normalized spacial score (nSPS) is 23.8. The minimum absolute atomic E-state index is 0.0514. The molecule has 2 aromatic carbocycles. The van der Waals surface area contributed by atoms with E-state index in [9.17, 15) is 29.5 Å². The average molecular weight is 811 g/mol. The van der Waals surface area contributed by atoms with Crippen molar-refractivity contribution in [2.45, 2.75) is 68.2 Å². The Balaban J connectivity index is 0.000000154. The summed E-state index contributed by atoms with van der Waals surface area (Å²) in [6.45, 7) is 0. The molecule has 4 aliphatic rings. The van der Waals surface area contributed by atoms with Gasteiger partial charge in [-0.2, -0.15) is 4.73 Å². The van der Waals surface area contributed by atoms with Crippen LogP contribution in [0.15, 0.2) is 119 Å². The lowest BCUT2D eigenvalue weighted by atomic mass is 9.73. The lowest BCUT2D eigenvalue weighted by Gasteiger charge is -2.40. The molecule has 0 atom stereocenters. The Hall–Kier alpha value is -7.20. The number of amides is 2. The summed E-state index contributed by atoms with van der Waals surface area (Å²) in [5.41, 5.74) is 1.45. The fraction of sp³-hybridized carbons (Fsp3) is 0.273. The van der Waals surface area contributed by atoms with Gasteiger partial charge in [-0.3, -0.25) is 20.2 Å². The number of fused-ring (bicyclic) bond motifs is 4. The highest BCUT2D eigenvalue weighted by Gasteiger charge is 2.54. The Bertz CT molecular complexity index is 2590. The Morgan fingerprint density at radius 1 is 0.700 bits per heavy atom. The quantitative estimate of drug-likeness (QED) is 0.0967. The number of anilines is 2. The van der Waals surface area contributed by atoms with Crippen molar-refractivity contribution in [3.63, 3.8) is 0 Å². The fourth-order valence-corrected chi connectivity index (χ4v) is 8.55. The summed E-state index contributed by atoms with van der Waals surface area (Å²) >= 11 is 0. The van der Waals surface area contributed by atoms with Crippen LogP contribution in [0.25, 0.3) is 22.5 Å².